The summed E-state index contributed by atoms with van der Waals surface area (Å²) in [5.74, 6) is -0.0649. The Morgan fingerprint density at radius 2 is 2.00 bits per heavy atom. The fraction of sp³-hybridized carbons (Fsp3) is 0.308. The van der Waals surface area contributed by atoms with E-state index in [9.17, 15) is 4.79 Å². The number of nitrogens with one attached hydrogen (secondary N) is 1. The molecule has 2 heteroatoms. The Morgan fingerprint density at radius 3 is 2.73 bits per heavy atom. The Balaban J connectivity index is 2.56. The van der Waals surface area contributed by atoms with Crippen molar-refractivity contribution in [3.8, 4) is 0 Å². The van der Waals surface area contributed by atoms with Gasteiger partial charge in [-0.3, -0.25) is 4.79 Å². The van der Waals surface area contributed by atoms with Crippen molar-refractivity contribution in [3.63, 3.8) is 0 Å². The van der Waals surface area contributed by atoms with Gasteiger partial charge >= 0.3 is 0 Å². The van der Waals surface area contributed by atoms with Crippen molar-refractivity contribution in [1.29, 1.82) is 0 Å². The Morgan fingerprint density at radius 1 is 1.33 bits per heavy atom. The number of carbonyl (C=O) groups excluding carboxylic acids is 1. The van der Waals surface area contributed by atoms with Gasteiger partial charge in [0.25, 0.3) is 5.91 Å². The summed E-state index contributed by atoms with van der Waals surface area (Å²) < 4.78 is 0. The second kappa shape index (κ2) is 3.23. The maximum absolute atomic E-state index is 11.8. The molecule has 0 fully saturated rings. The summed E-state index contributed by atoms with van der Waals surface area (Å²) in [6.45, 7) is 7.91. The number of hydrogen-bond donors (Lipinski definition) is 1. The molecule has 1 N–H and O–H groups in total. The highest BCUT2D eigenvalue weighted by molar-refractivity contribution is 6.19. The van der Waals surface area contributed by atoms with Crippen LogP contribution in [0.25, 0.3) is 5.57 Å². The number of amides is 1. The van der Waals surface area contributed by atoms with Crippen LogP contribution in [0, 0.1) is 0 Å². The van der Waals surface area contributed by atoms with Crippen LogP contribution in [0.5, 0.6) is 0 Å². The van der Waals surface area contributed by atoms with E-state index in [-0.39, 0.29) is 11.4 Å². The summed E-state index contributed by atoms with van der Waals surface area (Å²) >= 11 is 0. The number of carbonyl (C=O) groups is 1. The van der Waals surface area contributed by atoms with Gasteiger partial charge in [0.1, 0.15) is 0 Å². The molecule has 2 nitrogen and oxygen atoms in total. The average Bonchev–Trinajstić information content (AvgIpc) is 2.23. The highest BCUT2D eigenvalue weighted by Crippen LogP contribution is 2.26. The molecule has 0 unspecified atom stereocenters. The summed E-state index contributed by atoms with van der Waals surface area (Å²) in [6, 6.07) is 7.95. The molecule has 2 rings (SSSR count). The van der Waals surface area contributed by atoms with E-state index in [4.69, 9.17) is 0 Å². The van der Waals surface area contributed by atoms with Crippen LogP contribution in [0.2, 0.25) is 0 Å². The van der Waals surface area contributed by atoms with Crippen molar-refractivity contribution in [2.75, 3.05) is 0 Å². The predicted molar refractivity (Wildman–Crippen MR) is 61.4 cm³/mol. The molecule has 1 aromatic carbocycles. The molecule has 0 radical (unpaired) electrons. The minimum Gasteiger partial charge on any atom is -0.347 e. The maximum Gasteiger partial charge on any atom is 0.251 e. The summed E-state index contributed by atoms with van der Waals surface area (Å²) in [4.78, 5) is 11.8. The maximum atomic E-state index is 11.8. The van der Waals surface area contributed by atoms with Crippen LogP contribution in [0.4, 0.5) is 0 Å². The van der Waals surface area contributed by atoms with Crippen LogP contribution in [0.1, 0.15) is 25.0 Å². The zero-order chi connectivity index (χ0) is 11.1. The first-order valence-electron chi connectivity index (χ1n) is 5.09. The van der Waals surface area contributed by atoms with E-state index in [0.29, 0.717) is 5.57 Å². The van der Waals surface area contributed by atoms with Crippen molar-refractivity contribution in [1.82, 2.24) is 5.32 Å². The summed E-state index contributed by atoms with van der Waals surface area (Å²) in [6.07, 6.45) is 0.841. The third-order valence-corrected chi connectivity index (χ3v) is 2.70. The van der Waals surface area contributed by atoms with Crippen LogP contribution < -0.4 is 5.32 Å². The second-order valence-corrected chi connectivity index (χ2v) is 4.65. The van der Waals surface area contributed by atoms with Gasteiger partial charge in [-0.15, -0.1) is 0 Å². The topological polar surface area (TPSA) is 29.1 Å². The van der Waals surface area contributed by atoms with Gasteiger partial charge in [-0.25, -0.2) is 0 Å². The van der Waals surface area contributed by atoms with Gasteiger partial charge in [0, 0.05) is 11.1 Å². The Bertz CT molecular complexity index is 432. The molecule has 0 bridgehead atoms. The van der Waals surface area contributed by atoms with E-state index in [1.165, 1.54) is 5.56 Å². The first-order valence-corrected chi connectivity index (χ1v) is 5.09. The normalized spacial score (nSPS) is 19.1. The van der Waals surface area contributed by atoms with E-state index in [0.717, 1.165) is 12.0 Å². The summed E-state index contributed by atoms with van der Waals surface area (Å²) in [5, 5.41) is 2.98. The van der Waals surface area contributed by atoms with Crippen molar-refractivity contribution in [2.24, 2.45) is 0 Å². The van der Waals surface area contributed by atoms with Crippen LogP contribution in [0.15, 0.2) is 30.8 Å². The fourth-order valence-corrected chi connectivity index (χ4v) is 1.99. The molecule has 1 aliphatic rings. The molecule has 0 saturated carbocycles. The molecule has 0 atom stereocenters. The van der Waals surface area contributed by atoms with E-state index >= 15 is 0 Å². The van der Waals surface area contributed by atoms with E-state index in [2.05, 4.69) is 18.0 Å². The molecule has 0 aliphatic carbocycles. The van der Waals surface area contributed by atoms with Crippen molar-refractivity contribution in [2.45, 2.75) is 25.8 Å². The number of hydrogen-bond acceptors (Lipinski definition) is 1. The lowest BCUT2D eigenvalue weighted by molar-refractivity contribution is -0.116. The van der Waals surface area contributed by atoms with Crippen LogP contribution >= 0.6 is 0 Å². The van der Waals surface area contributed by atoms with Gasteiger partial charge in [-0.1, -0.05) is 30.8 Å². The number of fused-ring (bicyclic) bond motifs is 1. The second-order valence-electron chi connectivity index (χ2n) is 4.65. The first kappa shape index (κ1) is 9.97. The molecular formula is C13H15NO. The van der Waals surface area contributed by atoms with Gasteiger partial charge in [-0.2, -0.15) is 0 Å². The predicted octanol–water partition coefficient (Wildman–Crippen LogP) is 2.15. The van der Waals surface area contributed by atoms with Crippen molar-refractivity contribution >= 4 is 11.5 Å². The molecular weight excluding hydrogens is 186 g/mol. The lowest BCUT2D eigenvalue weighted by Crippen LogP contribution is -2.43. The van der Waals surface area contributed by atoms with Crippen LogP contribution in [0.3, 0.4) is 0 Å². The summed E-state index contributed by atoms with van der Waals surface area (Å²) in [7, 11) is 0. The van der Waals surface area contributed by atoms with Gasteiger partial charge < -0.3 is 5.32 Å². The standard InChI is InChI=1S/C13H15NO/c1-9-11-7-5-4-6-10(11)8-13(2,3)14-12(9)15/h4-7H,1,8H2,2-3H3,(H,14,15). The van der Waals surface area contributed by atoms with Crippen LogP contribution in [-0.4, -0.2) is 11.4 Å². The Hall–Kier alpha value is -1.57. The van der Waals surface area contributed by atoms with Crippen LogP contribution in [-0.2, 0) is 11.2 Å². The van der Waals surface area contributed by atoms with Gasteiger partial charge in [0.15, 0.2) is 0 Å². The number of rotatable bonds is 0. The van der Waals surface area contributed by atoms with Gasteiger partial charge in [0.05, 0.1) is 0 Å². The summed E-state index contributed by atoms with van der Waals surface area (Å²) in [5.41, 5.74) is 2.52. The minimum atomic E-state index is -0.202. The van der Waals surface area contributed by atoms with Crippen molar-refractivity contribution < 1.29 is 4.79 Å². The zero-order valence-corrected chi connectivity index (χ0v) is 9.13. The molecule has 78 valence electrons. The van der Waals surface area contributed by atoms with Gasteiger partial charge in [0.2, 0.25) is 0 Å². The van der Waals surface area contributed by atoms with E-state index < -0.39 is 0 Å². The van der Waals surface area contributed by atoms with Gasteiger partial charge in [-0.05, 0) is 31.4 Å². The molecule has 1 aliphatic heterocycles. The average molecular weight is 201 g/mol. The third kappa shape index (κ3) is 1.80. The monoisotopic (exact) mass is 201 g/mol. The SMILES string of the molecule is C=C1C(=O)NC(C)(C)Cc2ccccc21. The highest BCUT2D eigenvalue weighted by Gasteiger charge is 2.28. The largest absolute Gasteiger partial charge is 0.347 e. The smallest absolute Gasteiger partial charge is 0.251 e. The minimum absolute atomic E-state index is 0.0649. The highest BCUT2D eigenvalue weighted by atomic mass is 16.1. The molecule has 15 heavy (non-hydrogen) atoms. The zero-order valence-electron chi connectivity index (χ0n) is 9.13. The quantitative estimate of drug-likeness (QED) is 0.640. The molecule has 1 heterocycles. The Kier molecular flexibility index (Phi) is 2.14. The Labute approximate surface area is 90.0 Å². The van der Waals surface area contributed by atoms with Crippen molar-refractivity contribution in [3.05, 3.63) is 42.0 Å². The fourth-order valence-electron chi connectivity index (χ4n) is 1.99. The molecule has 0 aromatic heterocycles. The molecule has 1 aromatic rings. The van der Waals surface area contributed by atoms with E-state index in [1.54, 1.807) is 0 Å². The third-order valence-electron chi connectivity index (χ3n) is 2.70. The molecule has 0 saturated heterocycles. The lowest BCUT2D eigenvalue weighted by atomic mass is 9.93. The molecule has 0 spiro atoms. The van der Waals surface area contributed by atoms with E-state index in [1.807, 2.05) is 32.0 Å². The first-order chi connectivity index (χ1) is 6.99. The number of benzene rings is 1. The lowest BCUT2D eigenvalue weighted by Gasteiger charge is -2.23. The molecule has 1 amide bonds.